The Morgan fingerprint density at radius 3 is 1.00 bits per heavy atom. The van der Waals surface area contributed by atoms with Gasteiger partial charge in [0, 0.05) is 0 Å². The third kappa shape index (κ3) is 45.8. The maximum atomic E-state index is 9.89. The summed E-state index contributed by atoms with van der Waals surface area (Å²) in [6, 6.07) is 0. The summed E-state index contributed by atoms with van der Waals surface area (Å²) < 4.78 is 29.7. The Bertz CT molecular complexity index is 11.6. The summed E-state index contributed by atoms with van der Waals surface area (Å²) in [6.07, 6.45) is 0. The molecule has 5 heavy (non-hydrogen) atoms. The topological polar surface area (TPSA) is 0 Å². The molecular weight excluding hydrogens is 208 g/mol. The second kappa shape index (κ2) is 4.98. The molecule has 0 aliphatic rings. The Morgan fingerprint density at radius 2 is 1.00 bits per heavy atom. The fourth-order valence-electron chi connectivity index (χ4n) is 0. The van der Waals surface area contributed by atoms with Gasteiger partial charge in [-0.15, -0.1) is 0 Å². The van der Waals surface area contributed by atoms with E-state index in [2.05, 4.69) is 0 Å². The standard InChI is InChI=1S/CH3.3FH.La/h1H3;3*1H;/q-1;;;;+3/p-3. The zero-order valence-electron chi connectivity index (χ0n) is 2.71. The van der Waals surface area contributed by atoms with E-state index in [1.807, 2.05) is 0 Å². The van der Waals surface area contributed by atoms with Gasteiger partial charge in [-0.25, -0.2) is 0 Å². The quantitative estimate of drug-likeness (QED) is 0.535. The Balaban J connectivity index is 0. The van der Waals surface area contributed by atoms with Crippen molar-refractivity contribution < 1.29 is 37.1 Å². The average molecular weight is 211 g/mol. The summed E-state index contributed by atoms with van der Waals surface area (Å²) in [4.78, 5) is 0. The normalized spacial score (nSPS) is 5.40. The number of rotatable bonds is 0. The molecule has 0 unspecified atom stereocenters. The Morgan fingerprint density at radius 1 is 1.00 bits per heavy atom. The van der Waals surface area contributed by atoms with Crippen molar-refractivity contribution in [3.05, 3.63) is 7.43 Å². The summed E-state index contributed by atoms with van der Waals surface area (Å²) in [5.74, 6) is 0. The van der Waals surface area contributed by atoms with Gasteiger partial charge < -0.3 is 7.43 Å². The number of hydrogen-bond acceptors (Lipinski definition) is 0. The molecule has 0 amide bonds. The van der Waals surface area contributed by atoms with Gasteiger partial charge in [0.05, 0.1) is 0 Å². The molecule has 0 aromatic rings. The number of hydrogen-bond donors (Lipinski definition) is 0. The molecule has 0 bridgehead atoms. The first-order valence-corrected chi connectivity index (χ1v) is 4.77. The van der Waals surface area contributed by atoms with E-state index in [1.54, 1.807) is 0 Å². The SMILES string of the molecule is [CH3-].[F][La]([F])[F]. The minimum absolute atomic E-state index is 0. The van der Waals surface area contributed by atoms with Crippen LogP contribution in [0.25, 0.3) is 0 Å². The first-order chi connectivity index (χ1) is 1.73. The van der Waals surface area contributed by atoms with E-state index in [1.165, 1.54) is 0 Å². The molecule has 0 nitrogen and oxygen atoms in total. The van der Waals surface area contributed by atoms with Crippen LogP contribution in [-0.2, 0) is 0 Å². The van der Waals surface area contributed by atoms with Crippen LogP contribution in [0.5, 0.6) is 0 Å². The van der Waals surface area contributed by atoms with Crippen LogP contribution in [0, 0.1) is 39.7 Å². The Kier molecular flexibility index (Phi) is 9.34. The summed E-state index contributed by atoms with van der Waals surface area (Å²) >= 11 is -5.22. The molecule has 0 saturated heterocycles. The van der Waals surface area contributed by atoms with Crippen LogP contribution in [0.3, 0.4) is 0 Å². The molecule has 0 atom stereocenters. The van der Waals surface area contributed by atoms with Crippen molar-refractivity contribution in [2.24, 2.45) is 0 Å². The Hall–Kier alpha value is 0.985. The van der Waals surface area contributed by atoms with Gasteiger partial charge in [0.15, 0.2) is 0 Å². The van der Waals surface area contributed by atoms with E-state index in [-0.39, 0.29) is 7.43 Å². The van der Waals surface area contributed by atoms with Crippen molar-refractivity contribution in [2.75, 3.05) is 0 Å². The summed E-state index contributed by atoms with van der Waals surface area (Å²) in [6.45, 7) is 0. The monoisotopic (exact) mass is 211 g/mol. The first kappa shape index (κ1) is 9.37. The summed E-state index contributed by atoms with van der Waals surface area (Å²) in [7, 11) is 0. The van der Waals surface area contributed by atoms with Crippen LogP contribution in [0.4, 0.5) is 4.81 Å². The first-order valence-electron chi connectivity index (χ1n) is 0.655. The van der Waals surface area contributed by atoms with Crippen molar-refractivity contribution in [3.63, 3.8) is 0 Å². The maximum absolute atomic E-state index is 9.89. The predicted molar refractivity (Wildman–Crippen MR) is 9.74 cm³/mol. The molecule has 0 N–H and O–H groups in total. The molecule has 0 aliphatic carbocycles. The van der Waals surface area contributed by atoms with E-state index in [4.69, 9.17) is 0 Å². The van der Waals surface area contributed by atoms with Crippen LogP contribution in [0.15, 0.2) is 0 Å². The van der Waals surface area contributed by atoms with E-state index in [9.17, 15) is 4.81 Å². The van der Waals surface area contributed by atoms with Gasteiger partial charge in [-0.05, 0) is 0 Å². The van der Waals surface area contributed by atoms with Crippen LogP contribution in [-0.4, -0.2) is 0 Å². The molecule has 0 rings (SSSR count). The molecule has 0 saturated carbocycles. The van der Waals surface area contributed by atoms with Gasteiger partial charge in [-0.3, -0.25) is 0 Å². The third-order valence-corrected chi connectivity index (χ3v) is 0. The van der Waals surface area contributed by atoms with Crippen molar-refractivity contribution >= 4 is 0 Å². The minimum atomic E-state index is -5.22. The summed E-state index contributed by atoms with van der Waals surface area (Å²) in [5, 5.41) is 0. The predicted octanol–water partition coefficient (Wildman–Crippen LogP) is 1.71. The zero-order valence-corrected chi connectivity index (χ0v) is 6.34. The van der Waals surface area contributed by atoms with E-state index in [0.29, 0.717) is 0 Å². The van der Waals surface area contributed by atoms with Crippen LogP contribution in [0.2, 0.25) is 0 Å². The van der Waals surface area contributed by atoms with Gasteiger partial charge in [0.2, 0.25) is 0 Å². The molecule has 0 aromatic carbocycles. The number of halogens is 3. The van der Waals surface area contributed by atoms with Gasteiger partial charge >= 0.3 is 37.1 Å². The van der Waals surface area contributed by atoms with Crippen molar-refractivity contribution in [1.29, 1.82) is 0 Å². The van der Waals surface area contributed by atoms with Gasteiger partial charge in [0.25, 0.3) is 0 Å². The molecule has 0 aliphatic heterocycles. The second-order valence-corrected chi connectivity index (χ2v) is 1.80. The van der Waals surface area contributed by atoms with Crippen LogP contribution in [0.1, 0.15) is 0 Å². The molecule has 0 spiro atoms. The fraction of sp³-hybridized carbons (Fsp3) is 0. The van der Waals surface area contributed by atoms with E-state index >= 15 is 0 Å². The molecule has 0 heterocycles. The van der Waals surface area contributed by atoms with Crippen molar-refractivity contribution in [2.45, 2.75) is 0 Å². The van der Waals surface area contributed by atoms with Crippen LogP contribution >= 0.6 is 0 Å². The van der Waals surface area contributed by atoms with Crippen molar-refractivity contribution in [3.8, 4) is 0 Å². The van der Waals surface area contributed by atoms with Gasteiger partial charge in [0.1, 0.15) is 0 Å². The van der Waals surface area contributed by atoms with Crippen molar-refractivity contribution in [1.82, 2.24) is 0 Å². The van der Waals surface area contributed by atoms with Gasteiger partial charge in [-0.2, -0.15) is 0 Å². The summed E-state index contributed by atoms with van der Waals surface area (Å²) in [5.41, 5.74) is 0. The molecule has 32 valence electrons. The molecule has 0 fully saturated rings. The molecule has 0 aromatic heterocycles. The Labute approximate surface area is 44.4 Å². The third-order valence-electron chi connectivity index (χ3n) is 0. The van der Waals surface area contributed by atoms with E-state index < -0.39 is 32.2 Å². The second-order valence-electron chi connectivity index (χ2n) is 0.247. The molecule has 4 heteroatoms. The molecule has 0 radical (unpaired) electrons. The van der Waals surface area contributed by atoms with Gasteiger partial charge in [-0.1, -0.05) is 0 Å². The van der Waals surface area contributed by atoms with E-state index in [0.717, 1.165) is 0 Å². The average Bonchev–Trinajstić information content (AvgIpc) is 0.811. The van der Waals surface area contributed by atoms with Crippen LogP contribution < -0.4 is 0 Å². The molecular formula is CH3F3La-. The zero-order chi connectivity index (χ0) is 3.58. The fourth-order valence-corrected chi connectivity index (χ4v) is 0.